The van der Waals surface area contributed by atoms with Gasteiger partial charge < -0.3 is 5.32 Å². The molecule has 0 spiro atoms. The lowest BCUT2D eigenvalue weighted by molar-refractivity contribution is 0.332. The average Bonchev–Trinajstić information content (AvgIpc) is 3.10. The molecule has 1 aliphatic heterocycles. The van der Waals surface area contributed by atoms with Gasteiger partial charge in [0.2, 0.25) is 0 Å². The van der Waals surface area contributed by atoms with E-state index in [1.54, 1.807) is 6.20 Å². The fraction of sp³-hybridized carbons (Fsp3) is 0.389. The van der Waals surface area contributed by atoms with E-state index in [1.165, 1.54) is 0 Å². The van der Waals surface area contributed by atoms with Gasteiger partial charge in [0.05, 0.1) is 29.1 Å². The highest BCUT2D eigenvalue weighted by Gasteiger charge is 2.13. The van der Waals surface area contributed by atoms with Crippen LogP contribution in [0.25, 0.3) is 22.3 Å². The summed E-state index contributed by atoms with van der Waals surface area (Å²) in [6.45, 7) is 2.68. The molecule has 0 bridgehead atoms. The van der Waals surface area contributed by atoms with Crippen LogP contribution >= 0.6 is 0 Å². The summed E-state index contributed by atoms with van der Waals surface area (Å²) in [5, 5.41) is 7.77. The molecule has 118 valence electrons. The molecule has 23 heavy (non-hydrogen) atoms. The van der Waals surface area contributed by atoms with Gasteiger partial charge in [0.25, 0.3) is 0 Å². The summed E-state index contributed by atoms with van der Waals surface area (Å²) >= 11 is 0. The molecular formula is C18H21N5. The number of hydrogen-bond donors (Lipinski definition) is 1. The smallest absolute Gasteiger partial charge is 0.0924 e. The quantitative estimate of drug-likeness (QED) is 0.805. The van der Waals surface area contributed by atoms with Crippen LogP contribution in [0.1, 0.15) is 20.6 Å². The molecule has 1 saturated heterocycles. The Kier molecular flexibility index (Phi) is 3.71. The lowest BCUT2D eigenvalue weighted by Crippen LogP contribution is -2.28. The van der Waals surface area contributed by atoms with Gasteiger partial charge in [-0.1, -0.05) is 12.1 Å². The Morgan fingerprint density at radius 2 is 2.00 bits per heavy atom. The second kappa shape index (κ2) is 6.46. The van der Waals surface area contributed by atoms with Crippen molar-refractivity contribution < 1.29 is 1.37 Å². The number of aromatic nitrogens is 4. The zero-order valence-corrected chi connectivity index (χ0v) is 13.0. The fourth-order valence-electron chi connectivity index (χ4n) is 3.03. The van der Waals surface area contributed by atoms with Crippen LogP contribution in [-0.2, 0) is 6.54 Å². The van der Waals surface area contributed by atoms with Gasteiger partial charge >= 0.3 is 0 Å². The third-order valence-corrected chi connectivity index (χ3v) is 4.39. The molecule has 0 aliphatic carbocycles. The van der Waals surface area contributed by atoms with Gasteiger partial charge in [0, 0.05) is 19.7 Å². The van der Waals surface area contributed by atoms with Crippen molar-refractivity contribution in [1.29, 1.82) is 0 Å². The van der Waals surface area contributed by atoms with E-state index in [1.807, 2.05) is 41.3 Å². The SMILES string of the molecule is [2H]C(Cn1cc(-c2cnc3ccccc3n2)cn1)C1CCNCC1. The second-order valence-electron chi connectivity index (χ2n) is 6.02. The van der Waals surface area contributed by atoms with E-state index in [2.05, 4.69) is 20.4 Å². The highest BCUT2D eigenvalue weighted by Crippen LogP contribution is 2.20. The minimum absolute atomic E-state index is 0.109. The molecule has 2 aromatic heterocycles. The van der Waals surface area contributed by atoms with Crippen LogP contribution in [-0.4, -0.2) is 32.8 Å². The first-order valence-corrected chi connectivity index (χ1v) is 8.17. The average molecular weight is 308 g/mol. The normalized spacial score (nSPS) is 18.0. The largest absolute Gasteiger partial charge is 0.317 e. The van der Waals surface area contributed by atoms with Crippen LogP contribution in [0.3, 0.4) is 0 Å². The number of aryl methyl sites for hydroxylation is 1. The summed E-state index contributed by atoms with van der Waals surface area (Å²) in [6.07, 6.45) is 7.63. The Morgan fingerprint density at radius 3 is 2.87 bits per heavy atom. The minimum atomic E-state index is -0.109. The van der Waals surface area contributed by atoms with Gasteiger partial charge in [-0.05, 0) is 50.4 Å². The molecule has 1 fully saturated rings. The molecule has 1 atom stereocenters. The van der Waals surface area contributed by atoms with Crippen molar-refractivity contribution in [1.82, 2.24) is 25.1 Å². The summed E-state index contributed by atoms with van der Waals surface area (Å²) < 4.78 is 10.3. The third kappa shape index (κ3) is 3.24. The first-order valence-electron chi connectivity index (χ1n) is 8.75. The number of nitrogens with zero attached hydrogens (tertiary/aromatic N) is 4. The summed E-state index contributed by atoms with van der Waals surface area (Å²) in [5.74, 6) is 0.458. The van der Waals surface area contributed by atoms with Crippen LogP contribution in [0.4, 0.5) is 0 Å². The highest BCUT2D eigenvalue weighted by atomic mass is 15.3. The van der Waals surface area contributed by atoms with Crippen molar-refractivity contribution in [3.63, 3.8) is 0 Å². The Morgan fingerprint density at radius 1 is 1.17 bits per heavy atom. The maximum Gasteiger partial charge on any atom is 0.0924 e. The van der Waals surface area contributed by atoms with E-state index in [0.717, 1.165) is 48.2 Å². The first kappa shape index (κ1) is 13.2. The number of piperidine rings is 1. The maximum atomic E-state index is 8.41. The predicted octanol–water partition coefficient (Wildman–Crippen LogP) is 2.88. The summed E-state index contributed by atoms with van der Waals surface area (Å²) in [4.78, 5) is 9.11. The lowest BCUT2D eigenvalue weighted by Gasteiger charge is -2.22. The van der Waals surface area contributed by atoms with Gasteiger partial charge in [0.15, 0.2) is 0 Å². The maximum absolute atomic E-state index is 8.41. The summed E-state index contributed by atoms with van der Waals surface area (Å²) in [5.41, 5.74) is 3.55. The molecule has 1 unspecified atom stereocenters. The molecule has 0 saturated carbocycles. The van der Waals surface area contributed by atoms with Gasteiger partial charge in [0.1, 0.15) is 0 Å². The monoisotopic (exact) mass is 308 g/mol. The van der Waals surface area contributed by atoms with Crippen LogP contribution < -0.4 is 5.32 Å². The number of para-hydroxylation sites is 2. The number of fused-ring (bicyclic) bond motifs is 1. The Labute approximate surface area is 137 Å². The molecule has 1 aromatic carbocycles. The molecule has 3 heterocycles. The van der Waals surface area contributed by atoms with Crippen molar-refractivity contribution in [3.05, 3.63) is 42.9 Å². The molecule has 1 N–H and O–H groups in total. The van der Waals surface area contributed by atoms with Gasteiger partial charge in [-0.25, -0.2) is 4.98 Å². The number of nitrogens with one attached hydrogen (secondary N) is 1. The summed E-state index contributed by atoms with van der Waals surface area (Å²) in [6, 6.07) is 7.85. The molecule has 1 aliphatic rings. The van der Waals surface area contributed by atoms with Crippen molar-refractivity contribution in [2.45, 2.75) is 25.8 Å². The van der Waals surface area contributed by atoms with E-state index >= 15 is 0 Å². The van der Waals surface area contributed by atoms with Crippen LogP contribution in [0, 0.1) is 5.92 Å². The number of hydrogen-bond acceptors (Lipinski definition) is 4. The van der Waals surface area contributed by atoms with Crippen LogP contribution in [0.2, 0.25) is 0 Å². The Bertz CT molecular complexity index is 825. The van der Waals surface area contributed by atoms with E-state index in [-0.39, 0.29) is 6.40 Å². The lowest BCUT2D eigenvalue weighted by atomic mass is 9.95. The van der Waals surface area contributed by atoms with Crippen LogP contribution in [0.5, 0.6) is 0 Å². The van der Waals surface area contributed by atoms with Gasteiger partial charge in [-0.2, -0.15) is 5.10 Å². The number of benzene rings is 1. The van der Waals surface area contributed by atoms with E-state index < -0.39 is 0 Å². The molecule has 5 nitrogen and oxygen atoms in total. The van der Waals surface area contributed by atoms with Gasteiger partial charge in [-0.15, -0.1) is 0 Å². The molecule has 3 aromatic rings. The summed E-state index contributed by atoms with van der Waals surface area (Å²) in [7, 11) is 0. The Hall–Kier alpha value is -2.27. The fourth-order valence-corrected chi connectivity index (χ4v) is 3.03. The van der Waals surface area contributed by atoms with Crippen molar-refractivity contribution in [2.24, 2.45) is 5.92 Å². The Balaban J connectivity index is 1.50. The zero-order valence-electron chi connectivity index (χ0n) is 14.0. The van der Waals surface area contributed by atoms with Crippen molar-refractivity contribution in [2.75, 3.05) is 13.1 Å². The van der Waals surface area contributed by atoms with Crippen molar-refractivity contribution >= 4 is 11.0 Å². The number of rotatable bonds is 4. The molecule has 0 radical (unpaired) electrons. The third-order valence-electron chi connectivity index (χ3n) is 4.39. The van der Waals surface area contributed by atoms with E-state index in [9.17, 15) is 0 Å². The van der Waals surface area contributed by atoms with E-state index in [4.69, 9.17) is 1.37 Å². The molecule has 0 amide bonds. The molecular weight excluding hydrogens is 286 g/mol. The minimum Gasteiger partial charge on any atom is -0.317 e. The predicted molar refractivity (Wildman–Crippen MR) is 91.0 cm³/mol. The zero-order chi connectivity index (χ0) is 16.4. The molecule has 5 heteroatoms. The highest BCUT2D eigenvalue weighted by molar-refractivity contribution is 5.76. The van der Waals surface area contributed by atoms with Crippen LogP contribution in [0.15, 0.2) is 42.9 Å². The first-order chi connectivity index (χ1) is 11.8. The topological polar surface area (TPSA) is 55.6 Å². The second-order valence-corrected chi connectivity index (χ2v) is 6.02. The molecule has 4 rings (SSSR count). The van der Waals surface area contributed by atoms with Crippen molar-refractivity contribution in [3.8, 4) is 11.3 Å². The standard InChI is InChI=1S/C18H21N5/c1-2-4-17-16(3-1)20-12-18(22-17)15-11-21-23(13-15)10-7-14-5-8-19-9-6-14/h1-4,11-14,19H,5-10H2/i7D. The van der Waals surface area contributed by atoms with E-state index in [0.29, 0.717) is 12.5 Å². The van der Waals surface area contributed by atoms with Gasteiger partial charge in [-0.3, -0.25) is 9.67 Å².